The molecule has 0 saturated carbocycles. The van der Waals surface area contributed by atoms with Crippen LogP contribution in [0.2, 0.25) is 0 Å². The van der Waals surface area contributed by atoms with E-state index in [-0.39, 0.29) is 6.04 Å². The van der Waals surface area contributed by atoms with Crippen LogP contribution in [0.3, 0.4) is 0 Å². The van der Waals surface area contributed by atoms with Crippen molar-refractivity contribution in [3.8, 4) is 0 Å². The monoisotopic (exact) mass is 278 g/mol. The van der Waals surface area contributed by atoms with Crippen LogP contribution < -0.4 is 0 Å². The smallest absolute Gasteiger partial charge is 0.320 e. The normalized spacial score (nSPS) is 22.2. The maximum Gasteiger partial charge on any atom is 0.320 e. The van der Waals surface area contributed by atoms with Gasteiger partial charge in [0.05, 0.1) is 0 Å². The molecule has 3 nitrogen and oxygen atoms in total. The van der Waals surface area contributed by atoms with Crippen molar-refractivity contribution in [2.45, 2.75) is 19.6 Å². The predicted octanol–water partition coefficient (Wildman–Crippen LogP) is 3.83. The summed E-state index contributed by atoms with van der Waals surface area (Å²) < 4.78 is 6.79. The van der Waals surface area contributed by atoms with Gasteiger partial charge < -0.3 is 4.74 Å². The highest BCUT2D eigenvalue weighted by atomic mass is 33.1. The lowest BCUT2D eigenvalue weighted by molar-refractivity contribution is -0.512. The first-order valence-electron chi connectivity index (χ1n) is 5.70. The standard InChI is InChI=1S/C13H12NO2S2/c1-9-7-11-12(14(9)15)13(18-17-11)16-8-10-5-3-2-4-6-10/h2-7,9H,8H2,1H3/q+1. The molecule has 1 aromatic carbocycles. The predicted molar refractivity (Wildman–Crippen MR) is 74.6 cm³/mol. The SMILES string of the molecule is CC1C=C2SSC(OCc3ccccc3)=C2[N+]1=O. The lowest BCUT2D eigenvalue weighted by Gasteiger charge is -2.04. The van der Waals surface area contributed by atoms with Crippen LogP contribution in [0.15, 0.2) is 52.1 Å². The van der Waals surface area contributed by atoms with Gasteiger partial charge in [-0.25, -0.2) is 0 Å². The van der Waals surface area contributed by atoms with Crippen molar-refractivity contribution in [3.05, 3.63) is 62.6 Å². The summed E-state index contributed by atoms with van der Waals surface area (Å²) in [4.78, 5) is 12.9. The summed E-state index contributed by atoms with van der Waals surface area (Å²) >= 11 is 0. The second-order valence-corrected chi connectivity index (χ2v) is 6.32. The second kappa shape index (κ2) is 4.82. The lowest BCUT2D eigenvalue weighted by Crippen LogP contribution is -2.12. The van der Waals surface area contributed by atoms with E-state index in [2.05, 4.69) is 0 Å². The minimum Gasteiger partial charge on any atom is -0.476 e. The molecule has 0 bridgehead atoms. The second-order valence-electron chi connectivity index (χ2n) is 4.17. The minimum absolute atomic E-state index is 0.0845. The Bertz CT molecular complexity index is 551. The molecule has 5 heteroatoms. The molecule has 0 N–H and O–H groups in total. The molecule has 0 saturated heterocycles. The molecule has 1 aromatic rings. The Kier molecular flexibility index (Phi) is 3.18. The van der Waals surface area contributed by atoms with Crippen LogP contribution in [0.1, 0.15) is 12.5 Å². The number of hydrogen-bond acceptors (Lipinski definition) is 4. The fourth-order valence-electron chi connectivity index (χ4n) is 1.87. The Balaban J connectivity index is 1.76. The Hall–Kier alpha value is -1.20. The third-order valence-corrected chi connectivity index (χ3v) is 5.13. The molecule has 2 aliphatic rings. The molecule has 92 valence electrons. The Morgan fingerprint density at radius 1 is 1.28 bits per heavy atom. The fraction of sp³-hybridized carbons (Fsp3) is 0.231. The first kappa shape index (κ1) is 11.9. The van der Waals surface area contributed by atoms with Gasteiger partial charge in [-0.05, 0) is 27.2 Å². The maximum absolute atomic E-state index is 11.9. The third-order valence-electron chi connectivity index (χ3n) is 2.83. The number of rotatable bonds is 3. The molecule has 18 heavy (non-hydrogen) atoms. The average Bonchev–Trinajstić information content (AvgIpc) is 2.90. The van der Waals surface area contributed by atoms with Crippen LogP contribution in [0.25, 0.3) is 0 Å². The Morgan fingerprint density at radius 2 is 2.06 bits per heavy atom. The van der Waals surface area contributed by atoms with Gasteiger partial charge in [-0.15, -0.1) is 0 Å². The molecule has 2 heterocycles. The molecule has 0 aromatic heterocycles. The number of hydrogen-bond donors (Lipinski definition) is 0. The van der Waals surface area contributed by atoms with Gasteiger partial charge in [0, 0.05) is 22.7 Å². The van der Waals surface area contributed by atoms with Crippen LogP contribution in [-0.2, 0) is 11.3 Å². The maximum atomic E-state index is 11.9. The van der Waals surface area contributed by atoms with Gasteiger partial charge in [0.15, 0.2) is 0 Å². The fourth-order valence-corrected chi connectivity index (χ4v) is 4.28. The van der Waals surface area contributed by atoms with Crippen molar-refractivity contribution in [2.75, 3.05) is 0 Å². The molecule has 0 radical (unpaired) electrons. The van der Waals surface area contributed by atoms with Gasteiger partial charge in [-0.2, -0.15) is 0 Å². The number of benzene rings is 1. The molecule has 0 fully saturated rings. The van der Waals surface area contributed by atoms with Crippen molar-refractivity contribution in [2.24, 2.45) is 0 Å². The van der Waals surface area contributed by atoms with E-state index in [1.807, 2.05) is 43.3 Å². The zero-order valence-electron chi connectivity index (χ0n) is 9.83. The summed E-state index contributed by atoms with van der Waals surface area (Å²) in [5.41, 5.74) is 1.81. The van der Waals surface area contributed by atoms with E-state index >= 15 is 0 Å². The van der Waals surface area contributed by atoms with Crippen LogP contribution >= 0.6 is 21.6 Å². The zero-order chi connectivity index (χ0) is 12.5. The van der Waals surface area contributed by atoms with Crippen molar-refractivity contribution < 1.29 is 9.50 Å². The lowest BCUT2D eigenvalue weighted by atomic mass is 10.2. The molecule has 1 unspecified atom stereocenters. The molecule has 0 spiro atoms. The zero-order valence-corrected chi connectivity index (χ0v) is 11.5. The molecular formula is C13H12NO2S2+. The van der Waals surface area contributed by atoms with Gasteiger partial charge >= 0.3 is 5.70 Å². The summed E-state index contributed by atoms with van der Waals surface area (Å²) in [6, 6.07) is 9.89. The van der Waals surface area contributed by atoms with E-state index < -0.39 is 0 Å². The van der Waals surface area contributed by atoms with Crippen molar-refractivity contribution in [3.63, 3.8) is 0 Å². The van der Waals surface area contributed by atoms with Crippen LogP contribution in [0.4, 0.5) is 0 Å². The number of nitroso groups, excluding NO2 is 1. The van der Waals surface area contributed by atoms with E-state index in [9.17, 15) is 4.91 Å². The Labute approximate surface area is 113 Å². The Morgan fingerprint density at radius 3 is 2.83 bits per heavy atom. The van der Waals surface area contributed by atoms with E-state index in [0.29, 0.717) is 12.3 Å². The molecular weight excluding hydrogens is 266 g/mol. The van der Waals surface area contributed by atoms with Gasteiger partial charge in [0.25, 0.3) is 0 Å². The van der Waals surface area contributed by atoms with Gasteiger partial charge in [-0.1, -0.05) is 30.3 Å². The highest BCUT2D eigenvalue weighted by Gasteiger charge is 2.44. The molecule has 0 amide bonds. The van der Waals surface area contributed by atoms with Gasteiger partial charge in [0.1, 0.15) is 11.5 Å². The number of fused-ring (bicyclic) bond motifs is 1. The quantitative estimate of drug-likeness (QED) is 0.620. The molecule has 3 rings (SSSR count). The van der Waals surface area contributed by atoms with E-state index in [4.69, 9.17) is 4.74 Å². The highest BCUT2D eigenvalue weighted by Crippen LogP contribution is 2.53. The highest BCUT2D eigenvalue weighted by molar-refractivity contribution is 8.80. The van der Waals surface area contributed by atoms with E-state index in [1.54, 1.807) is 10.8 Å². The third kappa shape index (κ3) is 2.08. The van der Waals surface area contributed by atoms with Crippen LogP contribution in [-0.4, -0.2) is 10.8 Å². The minimum atomic E-state index is -0.0845. The first-order chi connectivity index (χ1) is 8.75. The average molecular weight is 278 g/mol. The van der Waals surface area contributed by atoms with E-state index in [1.165, 1.54) is 10.8 Å². The largest absolute Gasteiger partial charge is 0.476 e. The number of ether oxygens (including phenoxy) is 1. The summed E-state index contributed by atoms with van der Waals surface area (Å²) in [7, 11) is 3.12. The van der Waals surface area contributed by atoms with Crippen LogP contribution in [0, 0.1) is 4.91 Å². The molecule has 1 atom stereocenters. The topological polar surface area (TPSA) is 29.3 Å². The van der Waals surface area contributed by atoms with Crippen molar-refractivity contribution >= 4 is 21.6 Å². The van der Waals surface area contributed by atoms with Crippen molar-refractivity contribution in [1.82, 2.24) is 0 Å². The summed E-state index contributed by atoms with van der Waals surface area (Å²) in [5.74, 6) is 0. The molecule has 0 aliphatic carbocycles. The summed E-state index contributed by atoms with van der Waals surface area (Å²) in [6.07, 6.45) is 1.98. The van der Waals surface area contributed by atoms with Gasteiger partial charge in [-0.3, -0.25) is 0 Å². The first-order valence-corrected chi connectivity index (χ1v) is 7.85. The summed E-state index contributed by atoms with van der Waals surface area (Å²) in [6.45, 7) is 2.40. The summed E-state index contributed by atoms with van der Waals surface area (Å²) in [5, 5.41) is 0.731. The number of nitrogens with zero attached hydrogens (tertiary/aromatic N) is 1. The molecule has 2 aliphatic heterocycles. The van der Waals surface area contributed by atoms with Crippen LogP contribution in [0.5, 0.6) is 0 Å². The van der Waals surface area contributed by atoms with E-state index in [0.717, 1.165) is 20.3 Å². The van der Waals surface area contributed by atoms with Crippen molar-refractivity contribution in [1.29, 1.82) is 0 Å². The van der Waals surface area contributed by atoms with Gasteiger partial charge in [0.2, 0.25) is 11.1 Å².